The fraction of sp³-hybridized carbons (Fsp3) is 0.100. The topological polar surface area (TPSA) is 76.3 Å². The number of sulfonamides is 1. The van der Waals surface area contributed by atoms with Gasteiger partial charge in [0.1, 0.15) is 0 Å². The molecule has 4 rings (SSSR count). The molecule has 1 aromatic heterocycles. The van der Waals surface area contributed by atoms with Gasteiger partial charge in [-0.3, -0.25) is 0 Å². The van der Waals surface area contributed by atoms with Gasteiger partial charge in [0, 0.05) is 17.6 Å². The Labute approximate surface area is 167 Å². The minimum absolute atomic E-state index is 0.0320. The molecule has 0 aliphatic carbocycles. The summed E-state index contributed by atoms with van der Waals surface area (Å²) in [5.41, 5.74) is 0.711. The summed E-state index contributed by atoms with van der Waals surface area (Å²) in [6.45, 7) is -0.0320. The van der Waals surface area contributed by atoms with Gasteiger partial charge in [0.15, 0.2) is 0 Å². The van der Waals surface area contributed by atoms with Crippen LogP contribution in [0.4, 0.5) is 0 Å². The molecule has 0 amide bonds. The number of benzene rings is 3. The van der Waals surface area contributed by atoms with Gasteiger partial charge < -0.3 is 4.42 Å². The van der Waals surface area contributed by atoms with E-state index in [1.807, 2.05) is 24.3 Å². The van der Waals surface area contributed by atoms with E-state index < -0.39 is 10.0 Å². The van der Waals surface area contributed by atoms with Gasteiger partial charge in [0.25, 0.3) is 0 Å². The Morgan fingerprint density at radius 2 is 1.68 bits per heavy atom. The van der Waals surface area contributed by atoms with Crippen molar-refractivity contribution in [3.8, 4) is 11.5 Å². The van der Waals surface area contributed by atoms with E-state index >= 15 is 0 Å². The Morgan fingerprint density at radius 3 is 2.43 bits per heavy atom. The highest BCUT2D eigenvalue weighted by molar-refractivity contribution is 7.89. The lowest BCUT2D eigenvalue weighted by atomic mass is 10.1. The molecule has 0 radical (unpaired) electrons. The fourth-order valence-corrected chi connectivity index (χ4v) is 4.09. The molecule has 4 aromatic rings. The summed E-state index contributed by atoms with van der Waals surface area (Å²) >= 11 is 5.88. The molecular weight excluding hydrogens is 398 g/mol. The van der Waals surface area contributed by atoms with Crippen LogP contribution in [-0.4, -0.2) is 30.0 Å². The van der Waals surface area contributed by atoms with Crippen LogP contribution in [0.25, 0.3) is 22.2 Å². The van der Waals surface area contributed by atoms with Crippen LogP contribution in [0.5, 0.6) is 0 Å². The third-order valence-electron chi connectivity index (χ3n) is 4.35. The van der Waals surface area contributed by atoms with Gasteiger partial charge in [-0.1, -0.05) is 41.9 Å². The number of hydrogen-bond donors (Lipinski definition) is 0. The van der Waals surface area contributed by atoms with E-state index in [-0.39, 0.29) is 17.3 Å². The third-order valence-corrected chi connectivity index (χ3v) is 6.40. The molecule has 28 heavy (non-hydrogen) atoms. The monoisotopic (exact) mass is 413 g/mol. The molecule has 8 heteroatoms. The van der Waals surface area contributed by atoms with Crippen molar-refractivity contribution in [2.75, 3.05) is 7.05 Å². The quantitative estimate of drug-likeness (QED) is 0.485. The minimum atomic E-state index is -3.70. The molecule has 0 bridgehead atoms. The lowest BCUT2D eigenvalue weighted by Crippen LogP contribution is -2.26. The molecule has 142 valence electrons. The van der Waals surface area contributed by atoms with Crippen LogP contribution in [0, 0.1) is 0 Å². The Kier molecular flexibility index (Phi) is 4.89. The zero-order valence-corrected chi connectivity index (χ0v) is 16.5. The van der Waals surface area contributed by atoms with Crippen LogP contribution >= 0.6 is 11.6 Å². The van der Waals surface area contributed by atoms with Gasteiger partial charge in [0.05, 0.1) is 11.4 Å². The van der Waals surface area contributed by atoms with Crippen molar-refractivity contribution in [1.29, 1.82) is 0 Å². The Balaban J connectivity index is 1.56. The van der Waals surface area contributed by atoms with Gasteiger partial charge in [-0.2, -0.15) is 4.31 Å². The highest BCUT2D eigenvalue weighted by Crippen LogP contribution is 2.24. The van der Waals surface area contributed by atoms with Crippen molar-refractivity contribution in [3.05, 3.63) is 77.6 Å². The Bertz CT molecular complexity index is 1240. The van der Waals surface area contributed by atoms with Gasteiger partial charge in [-0.05, 0) is 47.2 Å². The number of hydrogen-bond acceptors (Lipinski definition) is 5. The van der Waals surface area contributed by atoms with Gasteiger partial charge in [-0.15, -0.1) is 10.2 Å². The number of fused-ring (bicyclic) bond motifs is 1. The molecular formula is C20H16ClN3O3S. The van der Waals surface area contributed by atoms with Gasteiger partial charge in [-0.25, -0.2) is 8.42 Å². The molecule has 0 unspecified atom stereocenters. The zero-order valence-electron chi connectivity index (χ0n) is 14.9. The molecule has 0 N–H and O–H groups in total. The summed E-state index contributed by atoms with van der Waals surface area (Å²) < 4.78 is 32.6. The number of aromatic nitrogens is 2. The van der Waals surface area contributed by atoms with E-state index in [0.717, 1.165) is 10.8 Å². The zero-order chi connectivity index (χ0) is 19.7. The van der Waals surface area contributed by atoms with Crippen LogP contribution in [0.1, 0.15) is 5.89 Å². The van der Waals surface area contributed by atoms with Crippen molar-refractivity contribution in [2.45, 2.75) is 11.4 Å². The van der Waals surface area contributed by atoms with Gasteiger partial charge >= 0.3 is 0 Å². The van der Waals surface area contributed by atoms with Gasteiger partial charge in [0.2, 0.25) is 21.8 Å². The second kappa shape index (κ2) is 7.35. The van der Waals surface area contributed by atoms with Crippen LogP contribution < -0.4 is 0 Å². The molecule has 0 saturated carbocycles. The highest BCUT2D eigenvalue weighted by Gasteiger charge is 2.23. The molecule has 0 spiro atoms. The maximum atomic E-state index is 12.9. The lowest BCUT2D eigenvalue weighted by molar-refractivity contribution is 0.400. The van der Waals surface area contributed by atoms with E-state index in [0.29, 0.717) is 16.5 Å². The lowest BCUT2D eigenvalue weighted by Gasteiger charge is -2.15. The Morgan fingerprint density at radius 1 is 0.964 bits per heavy atom. The molecule has 6 nitrogen and oxygen atoms in total. The summed E-state index contributed by atoms with van der Waals surface area (Å²) in [7, 11) is -2.22. The number of nitrogens with zero attached hydrogens (tertiary/aromatic N) is 3. The third kappa shape index (κ3) is 3.64. The average molecular weight is 414 g/mol. The molecule has 0 aliphatic heterocycles. The summed E-state index contributed by atoms with van der Waals surface area (Å²) in [6, 6.07) is 19.6. The van der Waals surface area contributed by atoms with E-state index in [4.69, 9.17) is 16.0 Å². The number of halogens is 1. The first kappa shape index (κ1) is 18.6. The molecule has 0 aliphatic rings. The SMILES string of the molecule is CN(Cc1nnc(-c2ccc(Cl)cc2)o1)S(=O)(=O)c1ccc2ccccc2c1. The van der Waals surface area contributed by atoms with Crippen molar-refractivity contribution >= 4 is 32.4 Å². The maximum absolute atomic E-state index is 12.9. The van der Waals surface area contributed by atoms with E-state index in [9.17, 15) is 8.42 Å². The van der Waals surface area contributed by atoms with Crippen molar-refractivity contribution in [1.82, 2.24) is 14.5 Å². The van der Waals surface area contributed by atoms with Crippen LogP contribution in [0.3, 0.4) is 0 Å². The Hall–Kier alpha value is -2.74. The van der Waals surface area contributed by atoms with Crippen LogP contribution in [0.2, 0.25) is 5.02 Å². The molecule has 0 saturated heterocycles. The first-order chi connectivity index (χ1) is 13.4. The predicted molar refractivity (Wildman–Crippen MR) is 107 cm³/mol. The van der Waals surface area contributed by atoms with E-state index in [1.54, 1.807) is 42.5 Å². The van der Waals surface area contributed by atoms with Crippen LogP contribution in [-0.2, 0) is 16.6 Å². The summed E-state index contributed by atoms with van der Waals surface area (Å²) in [6.07, 6.45) is 0. The maximum Gasteiger partial charge on any atom is 0.247 e. The molecule has 3 aromatic carbocycles. The van der Waals surface area contributed by atoms with E-state index in [1.165, 1.54) is 11.4 Å². The first-order valence-electron chi connectivity index (χ1n) is 8.47. The second-order valence-electron chi connectivity index (χ2n) is 6.28. The minimum Gasteiger partial charge on any atom is -0.419 e. The van der Waals surface area contributed by atoms with Crippen molar-refractivity contribution in [3.63, 3.8) is 0 Å². The van der Waals surface area contributed by atoms with Crippen LogP contribution in [0.15, 0.2) is 76.0 Å². The predicted octanol–water partition coefficient (Wildman–Crippen LogP) is 4.36. The van der Waals surface area contributed by atoms with E-state index in [2.05, 4.69) is 10.2 Å². The standard InChI is InChI=1S/C20H16ClN3O3S/c1-24(13-19-22-23-20(27-19)15-6-9-17(21)10-7-15)28(25,26)18-11-8-14-4-2-3-5-16(14)12-18/h2-12H,13H2,1H3. The smallest absolute Gasteiger partial charge is 0.247 e. The number of rotatable bonds is 5. The molecule has 1 heterocycles. The molecule has 0 atom stereocenters. The summed E-state index contributed by atoms with van der Waals surface area (Å²) in [4.78, 5) is 0.214. The largest absolute Gasteiger partial charge is 0.419 e. The summed E-state index contributed by atoms with van der Waals surface area (Å²) in [5.74, 6) is 0.514. The van der Waals surface area contributed by atoms with Crippen molar-refractivity contribution in [2.24, 2.45) is 0 Å². The fourth-order valence-electron chi connectivity index (χ4n) is 2.81. The molecule has 0 fully saturated rings. The average Bonchev–Trinajstić information content (AvgIpc) is 3.16. The summed E-state index contributed by atoms with van der Waals surface area (Å²) in [5, 5.41) is 10.4. The normalized spacial score (nSPS) is 12.0. The van der Waals surface area contributed by atoms with Crippen molar-refractivity contribution < 1.29 is 12.8 Å². The first-order valence-corrected chi connectivity index (χ1v) is 10.3. The second-order valence-corrected chi connectivity index (χ2v) is 8.76. The highest BCUT2D eigenvalue weighted by atomic mass is 35.5.